The van der Waals surface area contributed by atoms with E-state index in [1.165, 1.54) is 18.2 Å². The third-order valence-corrected chi connectivity index (χ3v) is 2.94. The maximum Gasteiger partial charge on any atom is 0.255 e. The van der Waals surface area contributed by atoms with Crippen molar-refractivity contribution in [2.24, 2.45) is 10.9 Å². The van der Waals surface area contributed by atoms with Crippen LogP contribution in [0.3, 0.4) is 0 Å². The molecule has 0 aliphatic carbocycles. The molecule has 5 nitrogen and oxygen atoms in total. The molecule has 0 atom stereocenters. The molecule has 0 bridgehead atoms. The number of carbonyl (C=O) groups is 1. The first-order chi connectivity index (χ1) is 10.0. The van der Waals surface area contributed by atoms with Crippen molar-refractivity contribution in [3.05, 3.63) is 64.4 Å². The molecule has 2 aromatic rings. The van der Waals surface area contributed by atoms with Crippen molar-refractivity contribution in [1.29, 1.82) is 0 Å². The molecule has 7 heteroatoms. The summed E-state index contributed by atoms with van der Waals surface area (Å²) in [6.45, 7) is 0. The second kappa shape index (κ2) is 6.23. The molecule has 0 saturated heterocycles. The summed E-state index contributed by atoms with van der Waals surface area (Å²) in [6.07, 6.45) is 0. The van der Waals surface area contributed by atoms with Crippen LogP contribution in [0.1, 0.15) is 15.9 Å². The Kier molecular flexibility index (Phi) is 4.39. The second-order valence-corrected chi connectivity index (χ2v) is 4.58. The van der Waals surface area contributed by atoms with Crippen LogP contribution in [0.15, 0.2) is 47.6 Å². The summed E-state index contributed by atoms with van der Waals surface area (Å²) in [6, 6.07) is 10.1. The molecule has 0 unspecified atom stereocenters. The zero-order chi connectivity index (χ0) is 15.4. The smallest absolute Gasteiger partial charge is 0.255 e. The number of anilines is 1. The Hall–Kier alpha value is -2.60. The van der Waals surface area contributed by atoms with E-state index < -0.39 is 11.7 Å². The van der Waals surface area contributed by atoms with Gasteiger partial charge in [-0.3, -0.25) is 4.79 Å². The van der Waals surface area contributed by atoms with E-state index in [1.54, 1.807) is 18.2 Å². The van der Waals surface area contributed by atoms with Crippen molar-refractivity contribution in [1.82, 2.24) is 0 Å². The molecule has 21 heavy (non-hydrogen) atoms. The lowest BCUT2D eigenvalue weighted by Crippen LogP contribution is -2.15. The van der Waals surface area contributed by atoms with Gasteiger partial charge in [0.1, 0.15) is 5.82 Å². The largest absolute Gasteiger partial charge is 0.409 e. The average molecular weight is 308 g/mol. The minimum atomic E-state index is -0.700. The van der Waals surface area contributed by atoms with Gasteiger partial charge < -0.3 is 16.3 Å². The first-order valence-corrected chi connectivity index (χ1v) is 6.23. The third kappa shape index (κ3) is 3.49. The van der Waals surface area contributed by atoms with Crippen LogP contribution < -0.4 is 11.1 Å². The maximum absolute atomic E-state index is 13.9. The van der Waals surface area contributed by atoms with Crippen molar-refractivity contribution in [3.63, 3.8) is 0 Å². The van der Waals surface area contributed by atoms with E-state index in [1.807, 2.05) is 0 Å². The quantitative estimate of drug-likeness (QED) is 0.352. The number of hydrogen-bond acceptors (Lipinski definition) is 3. The maximum atomic E-state index is 13.9. The minimum Gasteiger partial charge on any atom is -0.409 e. The normalized spacial score (nSPS) is 11.2. The van der Waals surface area contributed by atoms with E-state index in [-0.39, 0.29) is 17.1 Å². The first kappa shape index (κ1) is 14.8. The van der Waals surface area contributed by atoms with Crippen LogP contribution in [0.4, 0.5) is 10.1 Å². The number of amidine groups is 1. The lowest BCUT2D eigenvalue weighted by atomic mass is 10.1. The highest BCUT2D eigenvalue weighted by molar-refractivity contribution is 6.31. The number of nitrogens with two attached hydrogens (primary N) is 1. The standard InChI is InChI=1S/C14H11ClFN3O2/c15-10-3-1-2-9(6-10)14(20)18-12-5-4-8(7-11(12)16)13(17)19-21/h1-7,21H,(H2,17,19)(H,18,20). The lowest BCUT2D eigenvalue weighted by molar-refractivity contribution is 0.102. The Balaban J connectivity index is 2.22. The average Bonchev–Trinajstić information content (AvgIpc) is 2.48. The molecule has 2 rings (SSSR count). The SMILES string of the molecule is N/C(=N/O)c1ccc(NC(=O)c2cccc(Cl)c2)c(F)c1. The van der Waals surface area contributed by atoms with Crippen molar-refractivity contribution >= 4 is 29.0 Å². The van der Waals surface area contributed by atoms with Gasteiger partial charge >= 0.3 is 0 Å². The van der Waals surface area contributed by atoms with Crippen LogP contribution >= 0.6 is 11.6 Å². The number of benzene rings is 2. The van der Waals surface area contributed by atoms with Gasteiger partial charge in [0.05, 0.1) is 5.69 Å². The molecular formula is C14H11ClFN3O2. The number of halogens is 2. The number of nitrogens with one attached hydrogen (secondary N) is 1. The van der Waals surface area contributed by atoms with Crippen molar-refractivity contribution in [2.45, 2.75) is 0 Å². The molecule has 0 saturated carbocycles. The highest BCUT2D eigenvalue weighted by atomic mass is 35.5. The molecule has 0 aliphatic heterocycles. The highest BCUT2D eigenvalue weighted by Crippen LogP contribution is 2.18. The van der Waals surface area contributed by atoms with Crippen LogP contribution in [0, 0.1) is 5.82 Å². The number of amides is 1. The van der Waals surface area contributed by atoms with Gasteiger partial charge in [-0.2, -0.15) is 0 Å². The molecule has 0 fully saturated rings. The fourth-order valence-corrected chi connectivity index (χ4v) is 1.85. The number of oxime groups is 1. The molecule has 0 aliphatic rings. The molecule has 2 aromatic carbocycles. The Morgan fingerprint density at radius 1 is 1.24 bits per heavy atom. The molecule has 4 N–H and O–H groups in total. The van der Waals surface area contributed by atoms with Crippen molar-refractivity contribution < 1.29 is 14.4 Å². The number of carbonyl (C=O) groups excluding carboxylic acids is 1. The minimum absolute atomic E-state index is 0.0190. The lowest BCUT2D eigenvalue weighted by Gasteiger charge is -2.08. The van der Waals surface area contributed by atoms with E-state index in [2.05, 4.69) is 10.5 Å². The Bertz CT molecular complexity index is 719. The summed E-state index contributed by atoms with van der Waals surface area (Å²) in [5.74, 6) is -1.41. The van der Waals surface area contributed by atoms with Crippen molar-refractivity contribution in [3.8, 4) is 0 Å². The summed E-state index contributed by atoms with van der Waals surface area (Å²) < 4.78 is 13.9. The molecule has 0 radical (unpaired) electrons. The Morgan fingerprint density at radius 2 is 2.00 bits per heavy atom. The van der Waals surface area contributed by atoms with Crippen molar-refractivity contribution in [2.75, 3.05) is 5.32 Å². The second-order valence-electron chi connectivity index (χ2n) is 4.14. The molecule has 0 aromatic heterocycles. The van der Waals surface area contributed by atoms with Gasteiger partial charge in [0.25, 0.3) is 5.91 Å². The number of nitrogens with zero attached hydrogens (tertiary/aromatic N) is 1. The van der Waals surface area contributed by atoms with Gasteiger partial charge in [0.2, 0.25) is 0 Å². The summed E-state index contributed by atoms with van der Waals surface area (Å²) in [5.41, 5.74) is 5.85. The van der Waals surface area contributed by atoms with Gasteiger partial charge in [-0.05, 0) is 36.4 Å². The molecule has 108 valence electrons. The summed E-state index contributed by atoms with van der Waals surface area (Å²) in [7, 11) is 0. The van der Waals surface area contributed by atoms with Crippen LogP contribution in [0.5, 0.6) is 0 Å². The van der Waals surface area contributed by atoms with Crippen LogP contribution in [0.25, 0.3) is 0 Å². The Morgan fingerprint density at radius 3 is 2.62 bits per heavy atom. The predicted molar refractivity (Wildman–Crippen MR) is 78.3 cm³/mol. The van der Waals surface area contributed by atoms with Gasteiger partial charge in [-0.15, -0.1) is 0 Å². The van der Waals surface area contributed by atoms with Gasteiger partial charge in [-0.25, -0.2) is 4.39 Å². The van der Waals surface area contributed by atoms with Crippen LogP contribution in [-0.2, 0) is 0 Å². The van der Waals surface area contributed by atoms with E-state index in [0.29, 0.717) is 10.6 Å². The third-order valence-electron chi connectivity index (χ3n) is 2.71. The van der Waals surface area contributed by atoms with E-state index in [4.69, 9.17) is 22.5 Å². The fraction of sp³-hybridized carbons (Fsp3) is 0. The van der Waals surface area contributed by atoms with Gasteiger partial charge in [0, 0.05) is 16.1 Å². The molecule has 1 amide bonds. The number of rotatable bonds is 3. The monoisotopic (exact) mass is 307 g/mol. The molecular weight excluding hydrogens is 297 g/mol. The Labute approximate surface area is 124 Å². The highest BCUT2D eigenvalue weighted by Gasteiger charge is 2.11. The zero-order valence-electron chi connectivity index (χ0n) is 10.7. The summed E-state index contributed by atoms with van der Waals surface area (Å²) in [5, 5.41) is 14.1. The van der Waals surface area contributed by atoms with E-state index in [0.717, 1.165) is 6.07 Å². The molecule has 0 heterocycles. The summed E-state index contributed by atoms with van der Waals surface area (Å²) in [4.78, 5) is 12.0. The number of hydrogen-bond donors (Lipinski definition) is 3. The van der Waals surface area contributed by atoms with Gasteiger partial charge in [0.15, 0.2) is 5.84 Å². The first-order valence-electron chi connectivity index (χ1n) is 5.85. The van der Waals surface area contributed by atoms with Crippen LogP contribution in [0.2, 0.25) is 5.02 Å². The van der Waals surface area contributed by atoms with Gasteiger partial charge in [-0.1, -0.05) is 22.8 Å². The van der Waals surface area contributed by atoms with Crippen LogP contribution in [-0.4, -0.2) is 17.0 Å². The van der Waals surface area contributed by atoms with E-state index in [9.17, 15) is 9.18 Å². The summed E-state index contributed by atoms with van der Waals surface area (Å²) >= 11 is 5.79. The topological polar surface area (TPSA) is 87.7 Å². The zero-order valence-corrected chi connectivity index (χ0v) is 11.4. The predicted octanol–water partition coefficient (Wildman–Crippen LogP) is 2.83. The molecule has 0 spiro atoms. The van der Waals surface area contributed by atoms with E-state index >= 15 is 0 Å². The fourth-order valence-electron chi connectivity index (χ4n) is 1.66.